The first-order valence-corrected chi connectivity index (χ1v) is 6.07. The zero-order valence-corrected chi connectivity index (χ0v) is 10.7. The fourth-order valence-electron chi connectivity index (χ4n) is 1.83. The lowest BCUT2D eigenvalue weighted by molar-refractivity contribution is -0.139. The van der Waals surface area contributed by atoms with Crippen LogP contribution in [0, 0.1) is 5.92 Å². The number of hydrogen-bond donors (Lipinski definition) is 2. The van der Waals surface area contributed by atoms with Crippen molar-refractivity contribution >= 4 is 11.9 Å². The highest BCUT2D eigenvalue weighted by Gasteiger charge is 2.45. The molecule has 1 rings (SSSR count). The molecule has 3 atom stereocenters. The van der Waals surface area contributed by atoms with Crippen molar-refractivity contribution < 1.29 is 19.4 Å². The van der Waals surface area contributed by atoms with Gasteiger partial charge >= 0.3 is 5.97 Å². The van der Waals surface area contributed by atoms with Crippen LogP contribution in [0.15, 0.2) is 0 Å². The SMILES string of the molecule is CCO[C@@H]1C[C@@H]1C(=O)N[C@](C)(CC)CC(=O)O. The molecule has 1 saturated carbocycles. The van der Waals surface area contributed by atoms with Crippen molar-refractivity contribution in [1.82, 2.24) is 5.32 Å². The molecule has 0 aromatic carbocycles. The van der Waals surface area contributed by atoms with Crippen molar-refractivity contribution in [1.29, 1.82) is 0 Å². The molecule has 0 bridgehead atoms. The number of rotatable bonds is 7. The van der Waals surface area contributed by atoms with Crippen molar-refractivity contribution in [3.05, 3.63) is 0 Å². The monoisotopic (exact) mass is 243 g/mol. The summed E-state index contributed by atoms with van der Waals surface area (Å²) in [6.45, 7) is 6.13. The van der Waals surface area contributed by atoms with E-state index in [2.05, 4.69) is 5.32 Å². The number of carboxylic acids is 1. The Labute approximate surface area is 102 Å². The molecule has 1 aliphatic rings. The lowest BCUT2D eigenvalue weighted by Crippen LogP contribution is -2.48. The van der Waals surface area contributed by atoms with Gasteiger partial charge in [0.2, 0.25) is 5.91 Å². The molecule has 0 aromatic heterocycles. The average molecular weight is 243 g/mol. The predicted molar refractivity (Wildman–Crippen MR) is 62.6 cm³/mol. The van der Waals surface area contributed by atoms with Gasteiger partial charge in [-0.2, -0.15) is 0 Å². The molecule has 2 N–H and O–H groups in total. The molecule has 0 saturated heterocycles. The van der Waals surface area contributed by atoms with Crippen LogP contribution >= 0.6 is 0 Å². The largest absolute Gasteiger partial charge is 0.481 e. The van der Waals surface area contributed by atoms with E-state index in [1.807, 2.05) is 13.8 Å². The van der Waals surface area contributed by atoms with Gasteiger partial charge in [-0.25, -0.2) is 0 Å². The molecular formula is C12H21NO4. The van der Waals surface area contributed by atoms with Crippen molar-refractivity contribution in [2.75, 3.05) is 6.61 Å². The summed E-state index contributed by atoms with van der Waals surface area (Å²) in [5, 5.41) is 11.6. The maximum atomic E-state index is 11.9. The van der Waals surface area contributed by atoms with Crippen LogP contribution in [0.3, 0.4) is 0 Å². The number of carbonyl (C=O) groups excluding carboxylic acids is 1. The van der Waals surface area contributed by atoms with E-state index in [0.717, 1.165) is 6.42 Å². The van der Waals surface area contributed by atoms with E-state index < -0.39 is 11.5 Å². The van der Waals surface area contributed by atoms with Gasteiger partial charge in [0.25, 0.3) is 0 Å². The third-order valence-corrected chi connectivity index (χ3v) is 3.20. The first kappa shape index (κ1) is 14.0. The molecule has 1 amide bonds. The summed E-state index contributed by atoms with van der Waals surface area (Å²) >= 11 is 0. The molecule has 0 radical (unpaired) electrons. The van der Waals surface area contributed by atoms with E-state index in [0.29, 0.717) is 13.0 Å². The van der Waals surface area contributed by atoms with E-state index in [9.17, 15) is 9.59 Å². The fourth-order valence-corrected chi connectivity index (χ4v) is 1.83. The Kier molecular flexibility index (Phi) is 4.51. The molecule has 98 valence electrons. The van der Waals surface area contributed by atoms with Gasteiger partial charge in [0.1, 0.15) is 0 Å². The van der Waals surface area contributed by atoms with Crippen LogP contribution in [0.2, 0.25) is 0 Å². The van der Waals surface area contributed by atoms with E-state index in [4.69, 9.17) is 9.84 Å². The number of ether oxygens (including phenoxy) is 1. The molecule has 5 nitrogen and oxygen atoms in total. The van der Waals surface area contributed by atoms with Gasteiger partial charge in [0.15, 0.2) is 0 Å². The summed E-state index contributed by atoms with van der Waals surface area (Å²) in [5.41, 5.74) is -0.664. The van der Waals surface area contributed by atoms with Gasteiger partial charge in [-0.1, -0.05) is 6.92 Å². The highest BCUT2D eigenvalue weighted by atomic mass is 16.5. The van der Waals surface area contributed by atoms with Gasteiger partial charge in [0.05, 0.1) is 18.4 Å². The zero-order chi connectivity index (χ0) is 13.1. The van der Waals surface area contributed by atoms with Crippen molar-refractivity contribution in [3.8, 4) is 0 Å². The normalized spacial score (nSPS) is 26.1. The lowest BCUT2D eigenvalue weighted by atomic mass is 9.94. The quantitative estimate of drug-likeness (QED) is 0.703. The smallest absolute Gasteiger partial charge is 0.305 e. The van der Waals surface area contributed by atoms with E-state index in [-0.39, 0.29) is 24.3 Å². The van der Waals surface area contributed by atoms with Crippen molar-refractivity contribution in [2.24, 2.45) is 5.92 Å². The average Bonchev–Trinajstić information content (AvgIpc) is 2.96. The van der Waals surface area contributed by atoms with Gasteiger partial charge in [-0.15, -0.1) is 0 Å². The molecule has 1 fully saturated rings. The third-order valence-electron chi connectivity index (χ3n) is 3.20. The molecular weight excluding hydrogens is 222 g/mol. The second kappa shape index (κ2) is 5.49. The van der Waals surface area contributed by atoms with Gasteiger partial charge in [-0.05, 0) is 26.7 Å². The maximum absolute atomic E-state index is 11.9. The Morgan fingerprint density at radius 1 is 1.47 bits per heavy atom. The Bertz CT molecular complexity index is 305. The standard InChI is InChI=1S/C12H21NO4/c1-4-12(3,7-10(14)15)13-11(16)8-6-9(8)17-5-2/h8-9H,4-7H2,1-3H3,(H,13,16)(H,14,15)/t8-,9+,12+/m0/s1. The highest BCUT2D eigenvalue weighted by molar-refractivity contribution is 5.83. The molecule has 5 heteroatoms. The van der Waals surface area contributed by atoms with Crippen LogP contribution in [0.4, 0.5) is 0 Å². The van der Waals surface area contributed by atoms with Gasteiger partial charge < -0.3 is 15.2 Å². The molecule has 0 aromatic rings. The number of aliphatic carboxylic acids is 1. The lowest BCUT2D eigenvalue weighted by Gasteiger charge is -2.28. The number of carbonyl (C=O) groups is 2. The number of carboxylic acid groups (broad SMARTS) is 1. The Morgan fingerprint density at radius 3 is 2.59 bits per heavy atom. The first-order chi connectivity index (χ1) is 7.91. The number of hydrogen-bond acceptors (Lipinski definition) is 3. The Hall–Kier alpha value is -1.10. The van der Waals surface area contributed by atoms with Crippen LogP contribution in [-0.2, 0) is 14.3 Å². The van der Waals surface area contributed by atoms with E-state index >= 15 is 0 Å². The third kappa shape index (κ3) is 4.00. The summed E-state index contributed by atoms with van der Waals surface area (Å²) in [7, 11) is 0. The fraction of sp³-hybridized carbons (Fsp3) is 0.833. The first-order valence-electron chi connectivity index (χ1n) is 6.07. The van der Waals surface area contributed by atoms with Crippen molar-refractivity contribution in [3.63, 3.8) is 0 Å². The molecule has 0 spiro atoms. The van der Waals surface area contributed by atoms with E-state index in [1.165, 1.54) is 0 Å². The predicted octanol–water partition coefficient (Wildman–Crippen LogP) is 1.17. The second-order valence-electron chi connectivity index (χ2n) is 4.81. The van der Waals surface area contributed by atoms with Crippen LogP contribution < -0.4 is 5.32 Å². The number of amides is 1. The van der Waals surface area contributed by atoms with Crippen LogP contribution in [0.5, 0.6) is 0 Å². The number of nitrogens with one attached hydrogen (secondary N) is 1. The van der Waals surface area contributed by atoms with E-state index in [1.54, 1.807) is 6.92 Å². The molecule has 1 aliphatic carbocycles. The second-order valence-corrected chi connectivity index (χ2v) is 4.81. The highest BCUT2D eigenvalue weighted by Crippen LogP contribution is 2.34. The van der Waals surface area contributed by atoms with Gasteiger partial charge in [-0.3, -0.25) is 9.59 Å². The van der Waals surface area contributed by atoms with Crippen molar-refractivity contribution in [2.45, 2.75) is 51.7 Å². The maximum Gasteiger partial charge on any atom is 0.305 e. The molecule has 0 aliphatic heterocycles. The minimum Gasteiger partial charge on any atom is -0.481 e. The topological polar surface area (TPSA) is 75.6 Å². The van der Waals surface area contributed by atoms with Gasteiger partial charge in [0, 0.05) is 12.1 Å². The summed E-state index contributed by atoms with van der Waals surface area (Å²) < 4.78 is 5.34. The summed E-state index contributed by atoms with van der Waals surface area (Å²) in [4.78, 5) is 22.6. The molecule has 0 heterocycles. The van der Waals surface area contributed by atoms with Crippen LogP contribution in [-0.4, -0.2) is 35.2 Å². The minimum absolute atomic E-state index is 0.0194. The van der Waals surface area contributed by atoms with Crippen LogP contribution in [0.25, 0.3) is 0 Å². The van der Waals surface area contributed by atoms with Crippen LogP contribution in [0.1, 0.15) is 40.0 Å². The molecule has 17 heavy (non-hydrogen) atoms. The summed E-state index contributed by atoms with van der Waals surface area (Å²) in [5.74, 6) is -1.09. The molecule has 0 unspecified atom stereocenters. The zero-order valence-electron chi connectivity index (χ0n) is 10.7. The Balaban J connectivity index is 2.46. The summed E-state index contributed by atoms with van der Waals surface area (Å²) in [6.07, 6.45) is 1.30. The minimum atomic E-state index is -0.896. The summed E-state index contributed by atoms with van der Waals surface area (Å²) in [6, 6.07) is 0. The Morgan fingerprint density at radius 2 is 2.12 bits per heavy atom.